The van der Waals surface area contributed by atoms with Gasteiger partial charge in [0.25, 0.3) is 0 Å². The lowest BCUT2D eigenvalue weighted by Gasteiger charge is -2.16. The average Bonchev–Trinajstić information content (AvgIpc) is 3.22. The summed E-state index contributed by atoms with van der Waals surface area (Å²) in [5, 5.41) is 2.90. The number of fused-ring (bicyclic) bond motifs is 1. The Balaban J connectivity index is 1.36. The molecule has 0 radical (unpaired) electrons. The van der Waals surface area contributed by atoms with Gasteiger partial charge >= 0.3 is 0 Å². The van der Waals surface area contributed by atoms with Crippen molar-refractivity contribution in [1.82, 2.24) is 9.88 Å². The fraction of sp³-hybridized carbons (Fsp3) is 0.286. The predicted octanol–water partition coefficient (Wildman–Crippen LogP) is 3.17. The Morgan fingerprint density at radius 3 is 2.89 bits per heavy atom. The van der Waals surface area contributed by atoms with Crippen molar-refractivity contribution in [2.75, 3.05) is 18.4 Å². The highest BCUT2D eigenvalue weighted by Crippen LogP contribution is 2.23. The van der Waals surface area contributed by atoms with Crippen LogP contribution < -0.4 is 5.32 Å². The number of hydrogen-bond donors (Lipinski definition) is 1. The highest BCUT2D eigenvalue weighted by Gasteiger charge is 2.34. The number of amides is 2. The summed E-state index contributed by atoms with van der Waals surface area (Å²) in [4.78, 5) is 30.9. The first-order valence-electron chi connectivity index (χ1n) is 9.08. The van der Waals surface area contributed by atoms with E-state index >= 15 is 0 Å². The van der Waals surface area contributed by atoms with Gasteiger partial charge in [0.1, 0.15) is 5.52 Å². The van der Waals surface area contributed by atoms with Crippen molar-refractivity contribution in [2.24, 2.45) is 5.92 Å². The molecule has 27 heavy (non-hydrogen) atoms. The molecular weight excluding hydrogens is 342 g/mol. The van der Waals surface area contributed by atoms with E-state index in [9.17, 15) is 9.59 Å². The van der Waals surface area contributed by atoms with E-state index in [-0.39, 0.29) is 24.2 Å². The molecule has 1 fully saturated rings. The smallest absolute Gasteiger partial charge is 0.229 e. The Morgan fingerprint density at radius 2 is 2.07 bits per heavy atom. The Hall–Kier alpha value is -3.15. The zero-order chi connectivity index (χ0) is 18.8. The summed E-state index contributed by atoms with van der Waals surface area (Å²) in [5.41, 5.74) is 3.25. The number of carbonyl (C=O) groups excluding carboxylic acids is 2. The standard InChI is InChI=1S/C21H21N3O3/c1-14-22-18-12-17(7-8-19(18)27-14)23-21(26)16-11-20(25)24(13-16)10-9-15-5-3-2-4-6-15/h2-8,12,16H,9-11,13H2,1H3,(H,23,26). The van der Waals surface area contributed by atoms with Crippen LogP contribution >= 0.6 is 0 Å². The van der Waals surface area contributed by atoms with E-state index in [4.69, 9.17) is 4.42 Å². The van der Waals surface area contributed by atoms with Crippen molar-refractivity contribution in [2.45, 2.75) is 19.8 Å². The molecule has 3 aromatic rings. The maximum Gasteiger partial charge on any atom is 0.229 e. The number of nitrogens with zero attached hydrogens (tertiary/aromatic N) is 2. The van der Waals surface area contributed by atoms with E-state index in [0.29, 0.717) is 35.8 Å². The minimum Gasteiger partial charge on any atom is -0.441 e. The molecule has 1 atom stereocenters. The number of aromatic nitrogens is 1. The lowest BCUT2D eigenvalue weighted by Crippen LogP contribution is -2.30. The number of hydrogen-bond acceptors (Lipinski definition) is 4. The summed E-state index contributed by atoms with van der Waals surface area (Å²) in [6, 6.07) is 15.4. The molecule has 2 amide bonds. The fourth-order valence-electron chi connectivity index (χ4n) is 3.44. The Morgan fingerprint density at radius 1 is 1.26 bits per heavy atom. The van der Waals surface area contributed by atoms with Crippen LogP contribution in [0.5, 0.6) is 0 Å². The molecule has 2 aromatic carbocycles. The number of aryl methyl sites for hydroxylation is 1. The fourth-order valence-corrected chi connectivity index (χ4v) is 3.44. The normalized spacial score (nSPS) is 16.9. The first-order chi connectivity index (χ1) is 13.1. The molecule has 0 saturated carbocycles. The van der Waals surface area contributed by atoms with Gasteiger partial charge in [0.05, 0.1) is 5.92 Å². The molecule has 0 bridgehead atoms. The van der Waals surface area contributed by atoms with Crippen LogP contribution in [-0.4, -0.2) is 34.8 Å². The number of likely N-dealkylation sites (tertiary alicyclic amines) is 1. The Kier molecular flexibility index (Phi) is 4.62. The zero-order valence-corrected chi connectivity index (χ0v) is 15.1. The van der Waals surface area contributed by atoms with Gasteiger partial charge in [-0.1, -0.05) is 30.3 Å². The quantitative estimate of drug-likeness (QED) is 0.755. The Labute approximate surface area is 157 Å². The minimum atomic E-state index is -0.331. The lowest BCUT2D eigenvalue weighted by molar-refractivity contribution is -0.128. The van der Waals surface area contributed by atoms with E-state index in [0.717, 1.165) is 6.42 Å². The number of benzene rings is 2. The van der Waals surface area contributed by atoms with E-state index in [1.165, 1.54) is 5.56 Å². The van der Waals surface area contributed by atoms with Gasteiger partial charge in [0.15, 0.2) is 11.5 Å². The van der Waals surface area contributed by atoms with Crippen LogP contribution in [-0.2, 0) is 16.0 Å². The van der Waals surface area contributed by atoms with Crippen LogP contribution in [0.3, 0.4) is 0 Å². The van der Waals surface area contributed by atoms with E-state index < -0.39 is 0 Å². The number of anilines is 1. The van der Waals surface area contributed by atoms with E-state index in [2.05, 4.69) is 10.3 Å². The van der Waals surface area contributed by atoms with Crippen LogP contribution in [0.4, 0.5) is 5.69 Å². The van der Waals surface area contributed by atoms with Gasteiger partial charge < -0.3 is 14.6 Å². The zero-order valence-electron chi connectivity index (χ0n) is 15.1. The molecule has 138 valence electrons. The monoisotopic (exact) mass is 363 g/mol. The van der Waals surface area contributed by atoms with Crippen LogP contribution in [0, 0.1) is 12.8 Å². The van der Waals surface area contributed by atoms with Crippen molar-refractivity contribution in [3.63, 3.8) is 0 Å². The Bertz CT molecular complexity index is 981. The molecule has 1 saturated heterocycles. The topological polar surface area (TPSA) is 75.4 Å². The van der Waals surface area contributed by atoms with Gasteiger partial charge in [-0.3, -0.25) is 9.59 Å². The third-order valence-electron chi connectivity index (χ3n) is 4.86. The van der Waals surface area contributed by atoms with Crippen molar-refractivity contribution in [1.29, 1.82) is 0 Å². The van der Waals surface area contributed by atoms with Crippen LogP contribution in [0.1, 0.15) is 17.9 Å². The molecule has 0 aliphatic carbocycles. The van der Waals surface area contributed by atoms with Gasteiger partial charge in [-0.2, -0.15) is 0 Å². The molecule has 1 N–H and O–H groups in total. The SMILES string of the molecule is Cc1nc2cc(NC(=O)C3CC(=O)N(CCc4ccccc4)C3)ccc2o1. The minimum absolute atomic E-state index is 0.0358. The molecule has 1 aromatic heterocycles. The van der Waals surface area contributed by atoms with Crippen molar-refractivity contribution in [3.05, 3.63) is 60.0 Å². The summed E-state index contributed by atoms with van der Waals surface area (Å²) >= 11 is 0. The summed E-state index contributed by atoms with van der Waals surface area (Å²) < 4.78 is 5.44. The van der Waals surface area contributed by atoms with Gasteiger partial charge in [0.2, 0.25) is 11.8 Å². The third-order valence-corrected chi connectivity index (χ3v) is 4.86. The summed E-state index contributed by atoms with van der Waals surface area (Å²) in [5.74, 6) is 0.158. The molecule has 4 rings (SSSR count). The van der Waals surface area contributed by atoms with Crippen molar-refractivity contribution >= 4 is 28.6 Å². The maximum absolute atomic E-state index is 12.6. The lowest BCUT2D eigenvalue weighted by atomic mass is 10.1. The number of nitrogens with one attached hydrogen (secondary N) is 1. The molecule has 0 spiro atoms. The summed E-state index contributed by atoms with van der Waals surface area (Å²) in [6.07, 6.45) is 1.05. The van der Waals surface area contributed by atoms with Gasteiger partial charge in [-0.25, -0.2) is 4.98 Å². The van der Waals surface area contributed by atoms with Crippen LogP contribution in [0.2, 0.25) is 0 Å². The van der Waals surface area contributed by atoms with E-state index in [1.54, 1.807) is 30.0 Å². The second-order valence-corrected chi connectivity index (χ2v) is 6.88. The molecule has 6 nitrogen and oxygen atoms in total. The number of oxazole rings is 1. The highest BCUT2D eigenvalue weighted by atomic mass is 16.3. The first-order valence-corrected chi connectivity index (χ1v) is 9.08. The third kappa shape index (κ3) is 3.84. The molecule has 1 unspecified atom stereocenters. The van der Waals surface area contributed by atoms with Gasteiger partial charge in [-0.15, -0.1) is 0 Å². The van der Waals surface area contributed by atoms with Gasteiger partial charge in [-0.05, 0) is 30.2 Å². The predicted molar refractivity (Wildman–Crippen MR) is 102 cm³/mol. The largest absolute Gasteiger partial charge is 0.441 e. The average molecular weight is 363 g/mol. The molecule has 6 heteroatoms. The summed E-state index contributed by atoms with van der Waals surface area (Å²) in [7, 11) is 0. The highest BCUT2D eigenvalue weighted by molar-refractivity contribution is 5.98. The molecular formula is C21H21N3O3. The van der Waals surface area contributed by atoms with E-state index in [1.807, 2.05) is 30.3 Å². The van der Waals surface area contributed by atoms with Crippen molar-refractivity contribution in [3.8, 4) is 0 Å². The van der Waals surface area contributed by atoms with Gasteiger partial charge in [0, 0.05) is 32.1 Å². The number of rotatable bonds is 5. The molecule has 2 heterocycles. The van der Waals surface area contributed by atoms with Crippen LogP contribution in [0.15, 0.2) is 52.9 Å². The van der Waals surface area contributed by atoms with Crippen LogP contribution in [0.25, 0.3) is 11.1 Å². The summed E-state index contributed by atoms with van der Waals surface area (Å²) in [6.45, 7) is 2.88. The molecule has 1 aliphatic heterocycles. The van der Waals surface area contributed by atoms with Crippen molar-refractivity contribution < 1.29 is 14.0 Å². The second kappa shape index (κ2) is 7.23. The first kappa shape index (κ1) is 17.3. The maximum atomic E-state index is 12.6. The molecule has 1 aliphatic rings. The second-order valence-electron chi connectivity index (χ2n) is 6.88. The number of carbonyl (C=O) groups is 2.